The molecule has 0 aliphatic carbocycles. The van der Waals surface area contributed by atoms with Gasteiger partial charge in [-0.15, -0.1) is 0 Å². The Bertz CT molecular complexity index is 1050. The van der Waals surface area contributed by atoms with Gasteiger partial charge in [0.1, 0.15) is 0 Å². The Hall–Kier alpha value is -2.37. The number of likely N-dealkylation sites (tertiary alicyclic amines) is 1. The number of fused-ring (bicyclic) bond motifs is 5. The van der Waals surface area contributed by atoms with Gasteiger partial charge in [0.05, 0.1) is 18.2 Å². The first-order valence-electron chi connectivity index (χ1n) is 11.3. The fourth-order valence-corrected chi connectivity index (χ4v) is 5.06. The van der Waals surface area contributed by atoms with Crippen molar-refractivity contribution in [3.63, 3.8) is 0 Å². The Labute approximate surface area is 177 Å². The summed E-state index contributed by atoms with van der Waals surface area (Å²) < 4.78 is 13.4. The summed E-state index contributed by atoms with van der Waals surface area (Å²) >= 11 is 0. The monoisotopic (exact) mass is 406 g/mol. The second-order valence-electron chi connectivity index (χ2n) is 8.80. The Morgan fingerprint density at radius 2 is 1.70 bits per heavy atom. The van der Waals surface area contributed by atoms with Crippen molar-refractivity contribution in [2.24, 2.45) is 5.92 Å². The van der Waals surface area contributed by atoms with Crippen molar-refractivity contribution in [1.82, 2.24) is 9.47 Å². The van der Waals surface area contributed by atoms with Gasteiger partial charge in [0.2, 0.25) is 0 Å². The van der Waals surface area contributed by atoms with Crippen molar-refractivity contribution in [1.29, 1.82) is 0 Å². The molecule has 0 amide bonds. The highest BCUT2D eigenvalue weighted by Crippen LogP contribution is 2.27. The number of unbranched alkanes of at least 4 members (excludes halogenated alkanes) is 1. The molecule has 0 saturated carbocycles. The van der Waals surface area contributed by atoms with Crippen LogP contribution < -0.4 is 5.76 Å². The van der Waals surface area contributed by atoms with E-state index in [0.29, 0.717) is 24.1 Å². The molecule has 158 valence electrons. The molecule has 3 aromatic rings. The Balaban J connectivity index is 1.20. The summed E-state index contributed by atoms with van der Waals surface area (Å²) in [5.74, 6) is 0.443. The number of para-hydroxylation sites is 2. The molecule has 2 aromatic carbocycles. The lowest BCUT2D eigenvalue weighted by atomic mass is 9.92. The van der Waals surface area contributed by atoms with Crippen molar-refractivity contribution >= 4 is 11.1 Å². The number of benzene rings is 2. The summed E-state index contributed by atoms with van der Waals surface area (Å²) in [4.78, 5) is 14.7. The largest absolute Gasteiger partial charge is 0.419 e. The van der Waals surface area contributed by atoms with Gasteiger partial charge in [-0.25, -0.2) is 4.79 Å². The first-order chi connectivity index (χ1) is 14.8. The zero-order chi connectivity index (χ0) is 20.3. The summed E-state index contributed by atoms with van der Waals surface area (Å²) in [6.45, 7) is 4.66. The van der Waals surface area contributed by atoms with Gasteiger partial charge in [-0.3, -0.25) is 4.57 Å². The normalized spacial score (nSPS) is 22.3. The molecule has 30 heavy (non-hydrogen) atoms. The standard InChI is InChI=1S/C25H30N2O3/c28-25-27(23-9-3-4-10-24(23)30-25)14-6-5-13-26-16-19-11-12-22(17-26)29-18-21-8-2-1-7-20(21)15-19/h1-4,7-10,19,22H,5-6,11-18H2. The van der Waals surface area contributed by atoms with Gasteiger partial charge in [-0.1, -0.05) is 36.4 Å². The van der Waals surface area contributed by atoms with Crippen LogP contribution >= 0.6 is 0 Å². The van der Waals surface area contributed by atoms with Gasteiger partial charge in [0.15, 0.2) is 5.58 Å². The summed E-state index contributed by atoms with van der Waals surface area (Å²) in [7, 11) is 0. The zero-order valence-corrected chi connectivity index (χ0v) is 17.5. The number of hydrogen-bond acceptors (Lipinski definition) is 4. The third kappa shape index (κ3) is 4.23. The third-order valence-corrected chi connectivity index (χ3v) is 6.66. The van der Waals surface area contributed by atoms with Crippen LogP contribution in [-0.4, -0.2) is 35.2 Å². The van der Waals surface area contributed by atoms with Crippen LogP contribution in [0.2, 0.25) is 0 Å². The molecule has 2 unspecified atom stereocenters. The van der Waals surface area contributed by atoms with Crippen molar-refractivity contribution in [3.8, 4) is 0 Å². The van der Waals surface area contributed by atoms with E-state index in [1.807, 2.05) is 24.3 Å². The smallest absolute Gasteiger partial charge is 0.408 e. The van der Waals surface area contributed by atoms with E-state index in [-0.39, 0.29) is 5.76 Å². The maximum absolute atomic E-state index is 12.2. The minimum atomic E-state index is -0.250. The molecule has 1 aromatic heterocycles. The topological polar surface area (TPSA) is 47.6 Å². The van der Waals surface area contributed by atoms with Crippen LogP contribution in [0.5, 0.6) is 0 Å². The molecule has 0 spiro atoms. The van der Waals surface area contributed by atoms with E-state index in [9.17, 15) is 4.79 Å². The van der Waals surface area contributed by atoms with E-state index >= 15 is 0 Å². The Morgan fingerprint density at radius 1 is 0.900 bits per heavy atom. The fraction of sp³-hybridized carbons (Fsp3) is 0.480. The molecule has 2 bridgehead atoms. The van der Waals surface area contributed by atoms with Crippen LogP contribution in [0, 0.1) is 5.92 Å². The predicted molar refractivity (Wildman–Crippen MR) is 118 cm³/mol. The fourth-order valence-electron chi connectivity index (χ4n) is 5.06. The second kappa shape index (κ2) is 8.78. The van der Waals surface area contributed by atoms with Gasteiger partial charge in [0, 0.05) is 19.6 Å². The van der Waals surface area contributed by atoms with E-state index < -0.39 is 0 Å². The van der Waals surface area contributed by atoms with Crippen LogP contribution in [0.3, 0.4) is 0 Å². The van der Waals surface area contributed by atoms with Crippen LogP contribution in [0.4, 0.5) is 0 Å². The van der Waals surface area contributed by atoms with Crippen molar-refractivity contribution in [2.45, 2.75) is 51.4 Å². The summed E-state index contributed by atoms with van der Waals surface area (Å²) in [5, 5.41) is 0. The summed E-state index contributed by atoms with van der Waals surface area (Å²) in [6.07, 6.45) is 5.92. The van der Waals surface area contributed by atoms with Crippen LogP contribution in [-0.2, 0) is 24.3 Å². The molecular weight excluding hydrogens is 376 g/mol. The van der Waals surface area contributed by atoms with Crippen molar-refractivity contribution in [3.05, 3.63) is 70.2 Å². The van der Waals surface area contributed by atoms with Gasteiger partial charge < -0.3 is 14.1 Å². The molecule has 1 saturated heterocycles. The van der Waals surface area contributed by atoms with Crippen LogP contribution in [0.1, 0.15) is 36.8 Å². The Morgan fingerprint density at radius 3 is 2.63 bits per heavy atom. The minimum absolute atomic E-state index is 0.250. The van der Waals surface area contributed by atoms with Crippen molar-refractivity contribution < 1.29 is 9.15 Å². The molecule has 1 fully saturated rings. The SMILES string of the molecule is O=c1oc2ccccc2n1CCCCN1CC2CCC(C1)OCc1ccccc1C2. The number of aromatic nitrogens is 1. The zero-order valence-electron chi connectivity index (χ0n) is 17.5. The highest BCUT2D eigenvalue weighted by molar-refractivity contribution is 5.72. The van der Waals surface area contributed by atoms with E-state index in [2.05, 4.69) is 29.2 Å². The highest BCUT2D eigenvalue weighted by atomic mass is 16.5. The lowest BCUT2D eigenvalue weighted by Gasteiger charge is -2.28. The molecule has 5 nitrogen and oxygen atoms in total. The predicted octanol–water partition coefficient (Wildman–Crippen LogP) is 4.23. The molecule has 0 N–H and O–H groups in total. The number of rotatable bonds is 5. The number of hydrogen-bond donors (Lipinski definition) is 0. The summed E-state index contributed by atoms with van der Waals surface area (Å²) in [6, 6.07) is 16.4. The van der Waals surface area contributed by atoms with Crippen LogP contribution in [0.25, 0.3) is 11.1 Å². The number of ether oxygens (including phenoxy) is 1. The van der Waals surface area contributed by atoms with E-state index in [1.54, 1.807) is 4.57 Å². The minimum Gasteiger partial charge on any atom is -0.408 e. The molecule has 0 radical (unpaired) electrons. The maximum atomic E-state index is 12.2. The molecule has 5 heteroatoms. The average Bonchev–Trinajstić information content (AvgIpc) is 2.99. The van der Waals surface area contributed by atoms with E-state index in [0.717, 1.165) is 57.4 Å². The summed E-state index contributed by atoms with van der Waals surface area (Å²) in [5.41, 5.74) is 4.39. The van der Waals surface area contributed by atoms with E-state index in [1.165, 1.54) is 17.5 Å². The first kappa shape index (κ1) is 19.6. The van der Waals surface area contributed by atoms with Crippen LogP contribution in [0.15, 0.2) is 57.7 Å². The molecule has 5 rings (SSSR count). The third-order valence-electron chi connectivity index (χ3n) is 6.66. The molecule has 3 heterocycles. The first-order valence-corrected chi connectivity index (χ1v) is 11.3. The maximum Gasteiger partial charge on any atom is 0.419 e. The number of aryl methyl sites for hydroxylation is 1. The van der Waals surface area contributed by atoms with Gasteiger partial charge in [-0.2, -0.15) is 0 Å². The molecule has 2 aliphatic rings. The number of oxazole rings is 1. The molecule has 2 aliphatic heterocycles. The average molecular weight is 407 g/mol. The molecular formula is C25H30N2O3. The van der Waals surface area contributed by atoms with Gasteiger partial charge >= 0.3 is 5.76 Å². The lowest BCUT2D eigenvalue weighted by molar-refractivity contribution is 0.0171. The highest BCUT2D eigenvalue weighted by Gasteiger charge is 2.27. The van der Waals surface area contributed by atoms with Gasteiger partial charge in [0.25, 0.3) is 0 Å². The Kier molecular flexibility index (Phi) is 5.73. The van der Waals surface area contributed by atoms with Gasteiger partial charge in [-0.05, 0) is 67.8 Å². The molecule has 2 atom stereocenters. The van der Waals surface area contributed by atoms with E-state index in [4.69, 9.17) is 9.15 Å². The quantitative estimate of drug-likeness (QED) is 0.595. The second-order valence-corrected chi connectivity index (χ2v) is 8.80. The van der Waals surface area contributed by atoms with Crippen molar-refractivity contribution in [2.75, 3.05) is 19.6 Å². The number of nitrogens with zero attached hydrogens (tertiary/aromatic N) is 2. The lowest BCUT2D eigenvalue weighted by Crippen LogP contribution is -2.35.